The molecule has 3 nitrogen and oxygen atoms in total. The van der Waals surface area contributed by atoms with Gasteiger partial charge in [0.1, 0.15) is 6.07 Å². The molecular weight excluding hydrogens is 230 g/mol. The van der Waals surface area contributed by atoms with E-state index in [9.17, 15) is 0 Å². The van der Waals surface area contributed by atoms with Gasteiger partial charge in [-0.15, -0.1) is 0 Å². The van der Waals surface area contributed by atoms with E-state index in [4.69, 9.17) is 16.7 Å². The monoisotopic (exact) mass is 239 g/mol. The smallest absolute Gasteiger partial charge is 0.100 e. The molecular formula is C9H10BrN3. The third kappa shape index (κ3) is 2.28. The van der Waals surface area contributed by atoms with Crippen molar-refractivity contribution in [3.8, 4) is 6.07 Å². The molecule has 0 aliphatic carbocycles. The van der Waals surface area contributed by atoms with Crippen molar-refractivity contribution in [1.82, 2.24) is 0 Å². The Morgan fingerprint density at radius 1 is 1.54 bits per heavy atom. The third-order valence-electron chi connectivity index (χ3n) is 1.80. The lowest BCUT2D eigenvalue weighted by molar-refractivity contribution is 0.736. The van der Waals surface area contributed by atoms with E-state index in [1.807, 2.05) is 12.1 Å². The Morgan fingerprint density at radius 2 is 2.23 bits per heavy atom. The lowest BCUT2D eigenvalue weighted by atomic mass is 10.1. The van der Waals surface area contributed by atoms with Crippen molar-refractivity contribution in [1.29, 1.82) is 5.26 Å². The number of hydrogen-bond acceptors (Lipinski definition) is 3. The number of halogens is 1. The lowest BCUT2D eigenvalue weighted by Crippen LogP contribution is -2.20. The van der Waals surface area contributed by atoms with E-state index >= 15 is 0 Å². The van der Waals surface area contributed by atoms with Gasteiger partial charge in [0.15, 0.2) is 0 Å². The van der Waals surface area contributed by atoms with E-state index in [1.54, 1.807) is 6.07 Å². The summed E-state index contributed by atoms with van der Waals surface area (Å²) < 4.78 is 0.761. The molecule has 1 aromatic rings. The van der Waals surface area contributed by atoms with Crippen LogP contribution in [0.1, 0.15) is 17.2 Å². The summed E-state index contributed by atoms with van der Waals surface area (Å²) in [6.45, 7) is 0.401. The Morgan fingerprint density at radius 3 is 2.69 bits per heavy atom. The molecule has 0 heterocycles. The fourth-order valence-electron chi connectivity index (χ4n) is 0.989. The molecule has 1 atom stereocenters. The maximum absolute atomic E-state index is 8.67. The van der Waals surface area contributed by atoms with Crippen molar-refractivity contribution in [2.45, 2.75) is 6.04 Å². The predicted molar refractivity (Wildman–Crippen MR) is 54.8 cm³/mol. The molecule has 0 radical (unpaired) electrons. The van der Waals surface area contributed by atoms with Gasteiger partial charge in [0.25, 0.3) is 0 Å². The molecule has 0 aliphatic rings. The van der Waals surface area contributed by atoms with Gasteiger partial charge in [-0.1, -0.05) is 6.07 Å². The maximum atomic E-state index is 8.67. The molecule has 13 heavy (non-hydrogen) atoms. The maximum Gasteiger partial charge on any atom is 0.100 e. The Hall–Kier alpha value is -0.890. The average Bonchev–Trinajstić information content (AvgIpc) is 2.16. The summed E-state index contributed by atoms with van der Waals surface area (Å²) in [5.41, 5.74) is 12.7. The zero-order valence-corrected chi connectivity index (χ0v) is 8.58. The van der Waals surface area contributed by atoms with Crippen molar-refractivity contribution in [2.24, 2.45) is 11.5 Å². The van der Waals surface area contributed by atoms with E-state index in [0.29, 0.717) is 12.1 Å². The summed E-state index contributed by atoms with van der Waals surface area (Å²) in [6.07, 6.45) is 0. The molecule has 0 amide bonds. The van der Waals surface area contributed by atoms with Gasteiger partial charge in [-0.2, -0.15) is 5.26 Å². The molecule has 0 fully saturated rings. The van der Waals surface area contributed by atoms with E-state index in [1.165, 1.54) is 0 Å². The highest BCUT2D eigenvalue weighted by molar-refractivity contribution is 9.10. The van der Waals surface area contributed by atoms with Crippen LogP contribution in [0.15, 0.2) is 22.7 Å². The fraction of sp³-hybridized carbons (Fsp3) is 0.222. The van der Waals surface area contributed by atoms with Gasteiger partial charge in [0.2, 0.25) is 0 Å². The SMILES string of the molecule is N#Cc1ccc([C@H](N)CN)cc1Br. The highest BCUT2D eigenvalue weighted by atomic mass is 79.9. The topological polar surface area (TPSA) is 75.8 Å². The number of benzene rings is 1. The number of hydrogen-bond donors (Lipinski definition) is 2. The van der Waals surface area contributed by atoms with Crippen LogP contribution in [-0.2, 0) is 0 Å². The number of rotatable bonds is 2. The molecule has 1 aromatic carbocycles. The minimum absolute atomic E-state index is 0.163. The molecule has 0 aromatic heterocycles. The number of nitrogens with two attached hydrogens (primary N) is 2. The Labute approximate surface area is 85.5 Å². The van der Waals surface area contributed by atoms with Gasteiger partial charge in [0.05, 0.1) is 5.56 Å². The van der Waals surface area contributed by atoms with Gasteiger partial charge in [0, 0.05) is 17.1 Å². The first-order valence-electron chi connectivity index (χ1n) is 3.84. The summed E-state index contributed by atoms with van der Waals surface area (Å²) in [5, 5.41) is 8.67. The summed E-state index contributed by atoms with van der Waals surface area (Å²) >= 11 is 3.29. The van der Waals surface area contributed by atoms with E-state index < -0.39 is 0 Å². The molecule has 4 N–H and O–H groups in total. The largest absolute Gasteiger partial charge is 0.329 e. The van der Waals surface area contributed by atoms with Gasteiger partial charge < -0.3 is 11.5 Å². The van der Waals surface area contributed by atoms with Crippen LogP contribution >= 0.6 is 15.9 Å². The Balaban J connectivity index is 3.04. The fourth-order valence-corrected chi connectivity index (χ4v) is 1.47. The second-order valence-electron chi connectivity index (χ2n) is 2.69. The van der Waals surface area contributed by atoms with Crippen LogP contribution in [0.2, 0.25) is 0 Å². The highest BCUT2D eigenvalue weighted by Gasteiger charge is 2.05. The van der Waals surface area contributed by atoms with Crippen LogP contribution in [0, 0.1) is 11.3 Å². The predicted octanol–water partition coefficient (Wildman–Crippen LogP) is 1.28. The van der Waals surface area contributed by atoms with Gasteiger partial charge in [-0.25, -0.2) is 0 Å². The normalized spacial score (nSPS) is 12.2. The molecule has 1 rings (SSSR count). The van der Waals surface area contributed by atoms with Crippen LogP contribution in [-0.4, -0.2) is 6.54 Å². The molecule has 0 saturated carbocycles. The van der Waals surface area contributed by atoms with Crippen molar-refractivity contribution in [3.05, 3.63) is 33.8 Å². The second kappa shape index (κ2) is 4.38. The zero-order chi connectivity index (χ0) is 9.84. The molecule has 68 valence electrons. The first-order chi connectivity index (χ1) is 6.19. The van der Waals surface area contributed by atoms with Crippen molar-refractivity contribution >= 4 is 15.9 Å². The Kier molecular flexibility index (Phi) is 3.43. The molecule has 0 unspecified atom stereocenters. The first kappa shape index (κ1) is 10.2. The van der Waals surface area contributed by atoms with Crippen molar-refractivity contribution < 1.29 is 0 Å². The van der Waals surface area contributed by atoms with Crippen LogP contribution in [0.5, 0.6) is 0 Å². The summed E-state index contributed by atoms with van der Waals surface area (Å²) in [6, 6.07) is 7.28. The van der Waals surface area contributed by atoms with Crippen LogP contribution in [0.3, 0.4) is 0 Å². The second-order valence-corrected chi connectivity index (χ2v) is 3.55. The van der Waals surface area contributed by atoms with Crippen LogP contribution in [0.25, 0.3) is 0 Å². The first-order valence-corrected chi connectivity index (χ1v) is 4.63. The number of nitrogens with zero attached hydrogens (tertiary/aromatic N) is 1. The summed E-state index contributed by atoms with van der Waals surface area (Å²) in [7, 11) is 0. The minimum atomic E-state index is -0.163. The lowest BCUT2D eigenvalue weighted by Gasteiger charge is -2.09. The molecule has 0 spiro atoms. The van der Waals surface area contributed by atoms with E-state index in [0.717, 1.165) is 10.0 Å². The summed E-state index contributed by atoms with van der Waals surface area (Å²) in [4.78, 5) is 0. The highest BCUT2D eigenvalue weighted by Crippen LogP contribution is 2.20. The number of nitriles is 1. The van der Waals surface area contributed by atoms with Crippen molar-refractivity contribution in [3.63, 3.8) is 0 Å². The average molecular weight is 240 g/mol. The minimum Gasteiger partial charge on any atom is -0.329 e. The van der Waals surface area contributed by atoms with E-state index in [-0.39, 0.29) is 6.04 Å². The third-order valence-corrected chi connectivity index (χ3v) is 2.45. The summed E-state index contributed by atoms with van der Waals surface area (Å²) in [5.74, 6) is 0. The zero-order valence-electron chi connectivity index (χ0n) is 7.00. The van der Waals surface area contributed by atoms with Gasteiger partial charge in [-0.05, 0) is 33.6 Å². The standard InChI is InChI=1S/C9H10BrN3/c10-8-3-6(9(13)5-12)1-2-7(8)4-11/h1-3,9H,5,12-13H2/t9-/m1/s1. The van der Waals surface area contributed by atoms with Gasteiger partial charge in [-0.3, -0.25) is 0 Å². The van der Waals surface area contributed by atoms with Crippen molar-refractivity contribution in [2.75, 3.05) is 6.54 Å². The van der Waals surface area contributed by atoms with Gasteiger partial charge >= 0.3 is 0 Å². The quantitative estimate of drug-likeness (QED) is 0.817. The Bertz CT molecular complexity index is 343. The molecule has 0 bridgehead atoms. The molecule has 0 saturated heterocycles. The van der Waals surface area contributed by atoms with Crippen LogP contribution < -0.4 is 11.5 Å². The van der Waals surface area contributed by atoms with Crippen LogP contribution in [0.4, 0.5) is 0 Å². The molecule has 0 aliphatic heterocycles. The molecule has 4 heteroatoms. The van der Waals surface area contributed by atoms with E-state index in [2.05, 4.69) is 22.0 Å².